The maximum Gasteiger partial charge on any atom is 0.269 e. The minimum absolute atomic E-state index is 0.0698. The number of nitrogens with zero attached hydrogens (tertiary/aromatic N) is 6. The highest BCUT2D eigenvalue weighted by atomic mass is 16.5. The summed E-state index contributed by atoms with van der Waals surface area (Å²) >= 11 is 0. The van der Waals surface area contributed by atoms with Crippen molar-refractivity contribution in [2.45, 2.75) is 51.1 Å². The normalized spacial score (nSPS) is 17.7. The van der Waals surface area contributed by atoms with Gasteiger partial charge in [0.1, 0.15) is 12.9 Å². The zero-order chi connectivity index (χ0) is 22.3. The molecule has 1 N–H and O–H groups in total. The van der Waals surface area contributed by atoms with E-state index in [1.807, 2.05) is 0 Å². The van der Waals surface area contributed by atoms with Crippen molar-refractivity contribution >= 4 is 22.9 Å². The van der Waals surface area contributed by atoms with E-state index < -0.39 is 0 Å². The molecule has 10 heteroatoms. The first kappa shape index (κ1) is 20.6. The Bertz CT molecular complexity index is 1210. The van der Waals surface area contributed by atoms with Crippen molar-refractivity contribution in [2.75, 3.05) is 30.0 Å². The molecule has 32 heavy (non-hydrogen) atoms. The predicted molar refractivity (Wildman–Crippen MR) is 119 cm³/mol. The number of amides is 1. The van der Waals surface area contributed by atoms with Gasteiger partial charge in [-0.3, -0.25) is 14.0 Å². The molecule has 10 nitrogen and oxygen atoms in total. The lowest BCUT2D eigenvalue weighted by Crippen LogP contribution is -2.63. The van der Waals surface area contributed by atoms with Crippen LogP contribution in [-0.4, -0.2) is 55.6 Å². The van der Waals surface area contributed by atoms with Crippen LogP contribution in [0.1, 0.15) is 44.7 Å². The molecule has 0 saturated carbocycles. The van der Waals surface area contributed by atoms with E-state index in [0.29, 0.717) is 11.3 Å². The molecule has 0 radical (unpaired) electrons. The smallest absolute Gasteiger partial charge is 0.269 e. The third-order valence-electron chi connectivity index (χ3n) is 6.51. The van der Waals surface area contributed by atoms with Gasteiger partial charge in [0.05, 0.1) is 17.1 Å². The third kappa shape index (κ3) is 3.64. The maximum absolute atomic E-state index is 12.9. The molecule has 1 spiro atoms. The zero-order valence-electron chi connectivity index (χ0n) is 18.3. The van der Waals surface area contributed by atoms with Crippen LogP contribution in [0.5, 0.6) is 0 Å². The molecular weight excluding hydrogens is 410 g/mol. The molecule has 0 aliphatic carbocycles. The van der Waals surface area contributed by atoms with Gasteiger partial charge in [0.25, 0.3) is 5.56 Å². The van der Waals surface area contributed by atoms with E-state index >= 15 is 0 Å². The number of aromatic nitrogens is 5. The van der Waals surface area contributed by atoms with Gasteiger partial charge in [-0.05, 0) is 37.3 Å². The van der Waals surface area contributed by atoms with Crippen molar-refractivity contribution in [1.29, 1.82) is 0 Å². The first-order chi connectivity index (χ1) is 15.4. The first-order valence-electron chi connectivity index (χ1n) is 11.0. The summed E-state index contributed by atoms with van der Waals surface area (Å²) in [5.41, 5.74) is 2.81. The number of hydrogen-bond donors (Lipinski definition) is 1. The molecule has 5 heterocycles. The van der Waals surface area contributed by atoms with E-state index in [9.17, 15) is 9.59 Å². The average Bonchev–Trinajstić information content (AvgIpc) is 3.23. The van der Waals surface area contributed by atoms with Crippen LogP contribution in [0.2, 0.25) is 0 Å². The van der Waals surface area contributed by atoms with Crippen LogP contribution in [0.4, 0.5) is 11.4 Å². The number of pyridine rings is 1. The van der Waals surface area contributed by atoms with Crippen molar-refractivity contribution in [1.82, 2.24) is 24.4 Å². The number of carbonyl (C=O) groups excluding carboxylic acids is 1. The van der Waals surface area contributed by atoms with Gasteiger partial charge in [0.2, 0.25) is 5.91 Å². The van der Waals surface area contributed by atoms with Crippen LogP contribution in [0.3, 0.4) is 0 Å². The Morgan fingerprint density at radius 1 is 1.25 bits per heavy atom. The topological polar surface area (TPSA) is 107 Å². The van der Waals surface area contributed by atoms with Crippen molar-refractivity contribution in [3.63, 3.8) is 0 Å². The summed E-state index contributed by atoms with van der Waals surface area (Å²) in [5.74, 6) is -0.201. The molecule has 2 aliphatic heterocycles. The van der Waals surface area contributed by atoms with E-state index in [2.05, 4.69) is 39.4 Å². The number of carbonyl (C=O) groups is 1. The molecule has 2 saturated heterocycles. The van der Waals surface area contributed by atoms with E-state index in [1.54, 1.807) is 35.1 Å². The van der Waals surface area contributed by atoms with Crippen molar-refractivity contribution in [3.05, 3.63) is 46.8 Å². The largest absolute Gasteiger partial charge is 0.381 e. The Morgan fingerprint density at radius 2 is 2.06 bits per heavy atom. The molecule has 2 fully saturated rings. The van der Waals surface area contributed by atoms with Gasteiger partial charge in [0, 0.05) is 37.6 Å². The fourth-order valence-electron chi connectivity index (χ4n) is 4.66. The van der Waals surface area contributed by atoms with Gasteiger partial charge in [-0.2, -0.15) is 5.10 Å². The molecule has 3 aromatic rings. The summed E-state index contributed by atoms with van der Waals surface area (Å²) in [6.07, 6.45) is 6.32. The maximum atomic E-state index is 12.9. The quantitative estimate of drug-likeness (QED) is 0.649. The SMILES string of the molecule is CC(C)c1nn(CC(=O)Nc2ccc3nncn3c2)c(=O)cc1N1CCC12CCOCC2. The van der Waals surface area contributed by atoms with Gasteiger partial charge in [-0.25, -0.2) is 4.68 Å². The van der Waals surface area contributed by atoms with E-state index in [1.165, 1.54) is 4.68 Å². The summed E-state index contributed by atoms with van der Waals surface area (Å²) in [6.45, 7) is 6.38. The Kier molecular flexibility index (Phi) is 5.16. The predicted octanol–water partition coefficient (Wildman–Crippen LogP) is 1.81. The third-order valence-corrected chi connectivity index (χ3v) is 6.51. The fourth-order valence-corrected chi connectivity index (χ4v) is 4.66. The number of ether oxygens (including phenoxy) is 1. The van der Waals surface area contributed by atoms with Crippen LogP contribution in [-0.2, 0) is 16.1 Å². The number of rotatable bonds is 5. The second kappa shape index (κ2) is 8.01. The van der Waals surface area contributed by atoms with Gasteiger partial charge in [0.15, 0.2) is 5.65 Å². The minimum Gasteiger partial charge on any atom is -0.381 e. The summed E-state index contributed by atoms with van der Waals surface area (Å²) < 4.78 is 8.52. The monoisotopic (exact) mass is 437 g/mol. The standard InChI is InChI=1S/C22H27N7O3/c1-15(2)21-17(28-8-5-22(28)6-9-32-10-7-22)11-20(31)29(26-21)13-19(30)24-16-3-4-18-25-23-14-27(18)12-16/h3-4,11-12,14-15H,5-10,13H2,1-2H3,(H,24,30). The highest BCUT2D eigenvalue weighted by molar-refractivity contribution is 5.90. The average molecular weight is 438 g/mol. The molecular formula is C22H27N7O3. The molecule has 0 atom stereocenters. The van der Waals surface area contributed by atoms with E-state index in [0.717, 1.165) is 50.4 Å². The second-order valence-electron chi connectivity index (χ2n) is 8.87. The molecule has 1 amide bonds. The number of hydrogen-bond acceptors (Lipinski definition) is 7. The lowest BCUT2D eigenvalue weighted by molar-refractivity contribution is -0.117. The Morgan fingerprint density at radius 3 is 2.78 bits per heavy atom. The van der Waals surface area contributed by atoms with Crippen molar-refractivity contribution in [3.8, 4) is 0 Å². The fraction of sp³-hybridized carbons (Fsp3) is 0.500. The van der Waals surface area contributed by atoms with Crippen LogP contribution in [0.15, 0.2) is 35.5 Å². The van der Waals surface area contributed by atoms with Gasteiger partial charge in [-0.1, -0.05) is 13.8 Å². The van der Waals surface area contributed by atoms with Crippen molar-refractivity contribution < 1.29 is 9.53 Å². The van der Waals surface area contributed by atoms with Gasteiger partial charge < -0.3 is 15.0 Å². The molecule has 0 unspecified atom stereocenters. The van der Waals surface area contributed by atoms with Crippen LogP contribution in [0, 0.1) is 0 Å². The highest BCUT2D eigenvalue weighted by Gasteiger charge is 2.46. The number of nitrogens with one attached hydrogen (secondary N) is 1. The van der Waals surface area contributed by atoms with E-state index in [4.69, 9.17) is 4.74 Å². The van der Waals surface area contributed by atoms with E-state index in [-0.39, 0.29) is 29.5 Å². The number of fused-ring (bicyclic) bond motifs is 1. The summed E-state index contributed by atoms with van der Waals surface area (Å²) in [5, 5.41) is 15.2. The Balaban J connectivity index is 1.38. The summed E-state index contributed by atoms with van der Waals surface area (Å²) in [4.78, 5) is 27.9. The summed E-state index contributed by atoms with van der Waals surface area (Å²) in [7, 11) is 0. The Labute approximate surface area is 185 Å². The lowest BCUT2D eigenvalue weighted by atomic mass is 9.77. The summed E-state index contributed by atoms with van der Waals surface area (Å²) in [6, 6.07) is 5.16. The zero-order valence-corrected chi connectivity index (χ0v) is 18.3. The van der Waals surface area contributed by atoms with Crippen LogP contribution >= 0.6 is 0 Å². The molecule has 0 bridgehead atoms. The Hall–Kier alpha value is -3.27. The molecule has 168 valence electrons. The van der Waals surface area contributed by atoms with Crippen LogP contribution in [0.25, 0.3) is 5.65 Å². The number of anilines is 2. The van der Waals surface area contributed by atoms with Crippen molar-refractivity contribution in [2.24, 2.45) is 0 Å². The second-order valence-corrected chi connectivity index (χ2v) is 8.87. The van der Waals surface area contributed by atoms with Crippen LogP contribution < -0.4 is 15.8 Å². The first-order valence-corrected chi connectivity index (χ1v) is 11.0. The lowest BCUT2D eigenvalue weighted by Gasteiger charge is -2.56. The highest BCUT2D eigenvalue weighted by Crippen LogP contribution is 2.44. The molecule has 2 aliphatic rings. The molecule has 3 aromatic heterocycles. The van der Waals surface area contributed by atoms with Gasteiger partial charge >= 0.3 is 0 Å². The minimum atomic E-state index is -0.320. The molecule has 5 rings (SSSR count). The molecule has 0 aromatic carbocycles. The van der Waals surface area contributed by atoms with Gasteiger partial charge in [-0.15, -0.1) is 10.2 Å².